The largest absolute Gasteiger partial charge is 0.394 e. The second-order valence-electron chi connectivity index (χ2n) is 3.03. The molecule has 0 amide bonds. The molecule has 0 atom stereocenters. The number of nitrogens with zero attached hydrogens (tertiary/aromatic N) is 1. The zero-order valence-corrected chi connectivity index (χ0v) is 6.89. The molecule has 0 rings (SSSR count). The number of aliphatic hydroxyl groups excluding tert-OH is 1. The molecular weight excluding hydrogens is 126 g/mol. The highest BCUT2D eigenvalue weighted by molar-refractivity contribution is 4.91. The number of hydrogen-bond donors (Lipinski definition) is 1. The molecule has 0 aromatic carbocycles. The summed E-state index contributed by atoms with van der Waals surface area (Å²) in [4.78, 5) is 1.94. The maximum atomic E-state index is 8.88. The zero-order valence-electron chi connectivity index (χ0n) is 6.89. The first-order chi connectivity index (χ1) is 4.54. The Kier molecular flexibility index (Phi) is 3.41. The topological polar surface area (TPSA) is 23.5 Å². The molecule has 0 aromatic heterocycles. The Morgan fingerprint density at radius 1 is 1.60 bits per heavy atom. The second-order valence-corrected chi connectivity index (χ2v) is 3.03. The summed E-state index contributed by atoms with van der Waals surface area (Å²) in [6, 6.07) is 0. The Bertz CT molecular complexity index is 135. The Labute approximate surface area is 62.8 Å². The maximum Gasteiger partial charge on any atom is 0.0610 e. The van der Waals surface area contributed by atoms with E-state index in [-0.39, 0.29) is 12.1 Å². The highest BCUT2D eigenvalue weighted by Gasteiger charge is 2.20. The van der Waals surface area contributed by atoms with Crippen LogP contribution in [0.4, 0.5) is 0 Å². The van der Waals surface area contributed by atoms with Gasteiger partial charge in [0.25, 0.3) is 0 Å². The predicted octanol–water partition coefficient (Wildman–Crippen LogP) is 0.322. The fourth-order valence-corrected chi connectivity index (χ4v) is 0.472. The molecule has 0 fully saturated rings. The van der Waals surface area contributed by atoms with Crippen LogP contribution < -0.4 is 0 Å². The summed E-state index contributed by atoms with van der Waals surface area (Å²) in [7, 11) is 1.90. The van der Waals surface area contributed by atoms with Gasteiger partial charge in [-0.3, -0.25) is 4.90 Å². The summed E-state index contributed by atoms with van der Waals surface area (Å²) in [6.45, 7) is 4.60. The van der Waals surface area contributed by atoms with Gasteiger partial charge >= 0.3 is 0 Å². The van der Waals surface area contributed by atoms with E-state index in [0.717, 1.165) is 0 Å². The molecule has 1 N–H and O–H groups in total. The van der Waals surface area contributed by atoms with Gasteiger partial charge in [0.15, 0.2) is 0 Å². The number of terminal acetylenes is 1. The Hall–Kier alpha value is -0.520. The third-order valence-corrected chi connectivity index (χ3v) is 1.75. The quantitative estimate of drug-likeness (QED) is 0.572. The van der Waals surface area contributed by atoms with E-state index in [9.17, 15) is 0 Å². The lowest BCUT2D eigenvalue weighted by atomic mass is 10.1. The molecule has 0 aliphatic heterocycles. The molecule has 0 aromatic rings. The predicted molar refractivity (Wildman–Crippen MR) is 42.6 cm³/mol. The van der Waals surface area contributed by atoms with Crippen molar-refractivity contribution in [2.75, 3.05) is 20.2 Å². The van der Waals surface area contributed by atoms with E-state index in [1.165, 1.54) is 0 Å². The highest BCUT2D eigenvalue weighted by Crippen LogP contribution is 2.09. The zero-order chi connectivity index (χ0) is 8.20. The van der Waals surface area contributed by atoms with Gasteiger partial charge in [0.1, 0.15) is 0 Å². The maximum absolute atomic E-state index is 8.88. The average Bonchev–Trinajstić information content (AvgIpc) is 1.89. The summed E-state index contributed by atoms with van der Waals surface area (Å²) in [5.74, 6) is 2.52. The second kappa shape index (κ2) is 3.60. The molecule has 0 aliphatic carbocycles. The number of hydrogen-bond acceptors (Lipinski definition) is 2. The van der Waals surface area contributed by atoms with Crippen LogP contribution in [0.1, 0.15) is 13.8 Å². The molecule has 0 heterocycles. The van der Waals surface area contributed by atoms with Gasteiger partial charge in [-0.1, -0.05) is 5.92 Å². The SMILES string of the molecule is C#CCN(C)C(C)(C)CO. The molecule has 0 saturated carbocycles. The molecule has 2 heteroatoms. The third kappa shape index (κ3) is 2.38. The van der Waals surface area contributed by atoms with E-state index in [4.69, 9.17) is 11.5 Å². The minimum Gasteiger partial charge on any atom is -0.394 e. The monoisotopic (exact) mass is 141 g/mol. The lowest BCUT2D eigenvalue weighted by Crippen LogP contribution is -2.44. The first-order valence-electron chi connectivity index (χ1n) is 3.30. The van der Waals surface area contributed by atoms with E-state index < -0.39 is 0 Å². The summed E-state index contributed by atoms with van der Waals surface area (Å²) in [5, 5.41) is 8.88. The number of aliphatic hydroxyl groups is 1. The molecule has 0 radical (unpaired) electrons. The Morgan fingerprint density at radius 2 is 2.10 bits per heavy atom. The molecule has 0 saturated heterocycles. The standard InChI is InChI=1S/C8H15NO/c1-5-6-9(4)8(2,3)7-10/h1,10H,6-7H2,2-4H3. The summed E-state index contributed by atoms with van der Waals surface area (Å²) in [6.07, 6.45) is 5.11. The van der Waals surface area contributed by atoms with Crippen LogP contribution in [0.3, 0.4) is 0 Å². The Morgan fingerprint density at radius 3 is 2.40 bits per heavy atom. The van der Waals surface area contributed by atoms with Crippen molar-refractivity contribution in [2.24, 2.45) is 0 Å². The van der Waals surface area contributed by atoms with Crippen LogP contribution in [-0.2, 0) is 0 Å². The molecule has 0 unspecified atom stereocenters. The Balaban J connectivity index is 3.93. The summed E-state index contributed by atoms with van der Waals surface area (Å²) >= 11 is 0. The normalized spacial score (nSPS) is 11.6. The first-order valence-corrected chi connectivity index (χ1v) is 3.30. The highest BCUT2D eigenvalue weighted by atomic mass is 16.3. The van der Waals surface area contributed by atoms with Gasteiger partial charge in [0, 0.05) is 5.54 Å². The van der Waals surface area contributed by atoms with Gasteiger partial charge < -0.3 is 5.11 Å². The van der Waals surface area contributed by atoms with Crippen molar-refractivity contribution in [3.63, 3.8) is 0 Å². The fraction of sp³-hybridized carbons (Fsp3) is 0.750. The summed E-state index contributed by atoms with van der Waals surface area (Å²) in [5.41, 5.74) is -0.202. The first kappa shape index (κ1) is 9.48. The van der Waals surface area contributed by atoms with Crippen LogP contribution in [0, 0.1) is 12.3 Å². The smallest absolute Gasteiger partial charge is 0.0610 e. The molecule has 10 heavy (non-hydrogen) atoms. The lowest BCUT2D eigenvalue weighted by Gasteiger charge is -2.32. The van der Waals surface area contributed by atoms with E-state index in [1.807, 2.05) is 25.8 Å². The minimum absolute atomic E-state index is 0.130. The van der Waals surface area contributed by atoms with Crippen LogP contribution >= 0.6 is 0 Å². The van der Waals surface area contributed by atoms with Crippen LogP contribution in [0.25, 0.3) is 0 Å². The van der Waals surface area contributed by atoms with E-state index >= 15 is 0 Å². The lowest BCUT2D eigenvalue weighted by molar-refractivity contribution is 0.0902. The molecular formula is C8H15NO. The van der Waals surface area contributed by atoms with Crippen molar-refractivity contribution in [1.82, 2.24) is 4.90 Å². The van der Waals surface area contributed by atoms with Gasteiger partial charge in [-0.15, -0.1) is 6.42 Å². The van der Waals surface area contributed by atoms with Crippen molar-refractivity contribution < 1.29 is 5.11 Å². The van der Waals surface area contributed by atoms with Gasteiger partial charge in [-0.05, 0) is 20.9 Å². The number of likely N-dealkylation sites (N-methyl/N-ethyl adjacent to an activating group) is 1. The third-order valence-electron chi connectivity index (χ3n) is 1.75. The van der Waals surface area contributed by atoms with Crippen LogP contribution in [-0.4, -0.2) is 35.7 Å². The average molecular weight is 141 g/mol. The van der Waals surface area contributed by atoms with Crippen molar-refractivity contribution in [2.45, 2.75) is 19.4 Å². The van der Waals surface area contributed by atoms with Crippen molar-refractivity contribution >= 4 is 0 Å². The number of rotatable bonds is 3. The fourth-order valence-electron chi connectivity index (χ4n) is 0.472. The van der Waals surface area contributed by atoms with Crippen molar-refractivity contribution in [1.29, 1.82) is 0 Å². The van der Waals surface area contributed by atoms with Crippen LogP contribution in [0.2, 0.25) is 0 Å². The molecule has 2 nitrogen and oxygen atoms in total. The van der Waals surface area contributed by atoms with Gasteiger partial charge in [-0.25, -0.2) is 0 Å². The molecule has 0 aliphatic rings. The molecule has 0 spiro atoms. The summed E-state index contributed by atoms with van der Waals surface area (Å²) < 4.78 is 0. The van der Waals surface area contributed by atoms with E-state index in [0.29, 0.717) is 6.54 Å². The molecule has 0 bridgehead atoms. The van der Waals surface area contributed by atoms with Crippen LogP contribution in [0.15, 0.2) is 0 Å². The van der Waals surface area contributed by atoms with E-state index in [1.54, 1.807) is 0 Å². The minimum atomic E-state index is -0.202. The van der Waals surface area contributed by atoms with Gasteiger partial charge in [-0.2, -0.15) is 0 Å². The van der Waals surface area contributed by atoms with Gasteiger partial charge in [0.2, 0.25) is 0 Å². The van der Waals surface area contributed by atoms with Gasteiger partial charge in [0.05, 0.1) is 13.2 Å². The van der Waals surface area contributed by atoms with Crippen LogP contribution in [0.5, 0.6) is 0 Å². The van der Waals surface area contributed by atoms with Crippen molar-refractivity contribution in [3.8, 4) is 12.3 Å². The molecule has 58 valence electrons. The van der Waals surface area contributed by atoms with Crippen molar-refractivity contribution in [3.05, 3.63) is 0 Å². The van der Waals surface area contributed by atoms with E-state index in [2.05, 4.69) is 5.92 Å².